The average Bonchev–Trinajstić information content (AvgIpc) is 2.79. The number of aldehydes is 1. The summed E-state index contributed by atoms with van der Waals surface area (Å²) >= 11 is 0. The van der Waals surface area contributed by atoms with E-state index in [-0.39, 0.29) is 40.4 Å². The molecule has 12 nitrogen and oxygen atoms in total. The van der Waals surface area contributed by atoms with Gasteiger partial charge in [-0.2, -0.15) is 0 Å². The van der Waals surface area contributed by atoms with Gasteiger partial charge >= 0.3 is 0 Å². The van der Waals surface area contributed by atoms with Gasteiger partial charge in [-0.05, 0) is 18.2 Å². The number of ether oxygens (including phenoxy) is 2. The third-order valence-electron chi connectivity index (χ3n) is 4.75. The summed E-state index contributed by atoms with van der Waals surface area (Å²) in [5, 5.41) is 68.7. The smallest absolute Gasteiger partial charge is 0.238 e. The summed E-state index contributed by atoms with van der Waals surface area (Å²) in [6, 6.07) is 5.84. The Morgan fingerprint density at radius 2 is 1.67 bits per heavy atom. The first-order valence-electron chi connectivity index (χ1n) is 9.33. The molecule has 0 spiro atoms. The van der Waals surface area contributed by atoms with Crippen LogP contribution < -0.4 is 14.9 Å². The zero-order chi connectivity index (χ0) is 24.4. The molecule has 0 aliphatic heterocycles. The van der Waals surface area contributed by atoms with Crippen molar-refractivity contribution >= 4 is 17.3 Å². The number of carbonyl (C=O) groups excluding carboxylic acids is 1. The minimum atomic E-state index is -2.16. The molecule has 0 fully saturated rings. The first-order chi connectivity index (χ1) is 15.6. The van der Waals surface area contributed by atoms with Gasteiger partial charge in [0.15, 0.2) is 23.5 Å². The molecular weight excluding hydrogens is 444 g/mol. The zero-order valence-electron chi connectivity index (χ0n) is 16.9. The zero-order valence-corrected chi connectivity index (χ0v) is 16.9. The van der Waals surface area contributed by atoms with E-state index >= 15 is 0 Å². The molecule has 33 heavy (non-hydrogen) atoms. The van der Waals surface area contributed by atoms with Gasteiger partial charge in [0.1, 0.15) is 40.8 Å². The Kier molecular flexibility index (Phi) is 6.74. The highest BCUT2D eigenvalue weighted by Crippen LogP contribution is 2.38. The second kappa shape index (κ2) is 9.34. The molecule has 1 heterocycles. The standard InChI is InChI=1S/C21H20O12/c1-31-13-3-2-8(4-10(13)23)20-18(28)17(27)15-11(24)5-9(6-14(15)33-20)32-21(30)19(29)16(26)12(25)7-22/h2-7,12,16,19,21,23-26,28-30H,1H3. The van der Waals surface area contributed by atoms with Crippen molar-refractivity contribution < 1.29 is 54.4 Å². The van der Waals surface area contributed by atoms with E-state index in [1.165, 1.54) is 25.3 Å². The third-order valence-corrected chi connectivity index (χ3v) is 4.75. The molecule has 7 N–H and O–H groups in total. The normalized spacial score (nSPS) is 14.9. The molecular formula is C21H20O12. The van der Waals surface area contributed by atoms with E-state index in [0.717, 1.165) is 12.1 Å². The Hall–Kier alpha value is -3.84. The highest BCUT2D eigenvalue weighted by Gasteiger charge is 2.32. The SMILES string of the molecule is COc1ccc(-c2oc3cc(OC(O)C(O)C(O)C(O)C=O)cc(O)c3c(=O)c2O)cc1O. The molecule has 4 unspecified atom stereocenters. The van der Waals surface area contributed by atoms with E-state index in [1.54, 1.807) is 0 Å². The van der Waals surface area contributed by atoms with Gasteiger partial charge in [-0.1, -0.05) is 0 Å². The molecule has 12 heteroatoms. The van der Waals surface area contributed by atoms with E-state index in [9.17, 15) is 45.3 Å². The van der Waals surface area contributed by atoms with Gasteiger partial charge in [-0.25, -0.2) is 0 Å². The molecule has 0 bridgehead atoms. The van der Waals surface area contributed by atoms with Gasteiger partial charge in [-0.15, -0.1) is 0 Å². The fourth-order valence-electron chi connectivity index (χ4n) is 3.02. The molecule has 176 valence electrons. The van der Waals surface area contributed by atoms with E-state index in [1.807, 2.05) is 0 Å². The van der Waals surface area contributed by atoms with Crippen molar-refractivity contribution in [3.05, 3.63) is 40.6 Å². The summed E-state index contributed by atoms with van der Waals surface area (Å²) in [6.45, 7) is 0. The largest absolute Gasteiger partial charge is 0.507 e. The number of aliphatic hydroxyl groups is 4. The predicted molar refractivity (Wildman–Crippen MR) is 110 cm³/mol. The van der Waals surface area contributed by atoms with Crippen LogP contribution >= 0.6 is 0 Å². The average molecular weight is 464 g/mol. The van der Waals surface area contributed by atoms with E-state index in [4.69, 9.17) is 13.9 Å². The molecule has 2 aromatic carbocycles. The Balaban J connectivity index is 2.04. The lowest BCUT2D eigenvalue weighted by atomic mass is 10.1. The van der Waals surface area contributed by atoms with Gasteiger partial charge in [-0.3, -0.25) is 4.79 Å². The van der Waals surface area contributed by atoms with Gasteiger partial charge in [0.05, 0.1) is 7.11 Å². The van der Waals surface area contributed by atoms with Crippen LogP contribution in [0.1, 0.15) is 0 Å². The summed E-state index contributed by atoms with van der Waals surface area (Å²) in [7, 11) is 1.33. The van der Waals surface area contributed by atoms with Crippen LogP contribution in [0.5, 0.6) is 28.7 Å². The van der Waals surface area contributed by atoms with Gasteiger partial charge in [0.2, 0.25) is 17.5 Å². The van der Waals surface area contributed by atoms with E-state index in [2.05, 4.69) is 0 Å². The molecule has 1 aromatic heterocycles. The van der Waals surface area contributed by atoms with Crippen LogP contribution in [0.2, 0.25) is 0 Å². The number of phenolic OH excluding ortho intramolecular Hbond substituents is 2. The summed E-state index contributed by atoms with van der Waals surface area (Å²) in [4.78, 5) is 23.1. The number of hydrogen-bond acceptors (Lipinski definition) is 12. The fourth-order valence-corrected chi connectivity index (χ4v) is 3.02. The first-order valence-corrected chi connectivity index (χ1v) is 9.33. The lowest BCUT2D eigenvalue weighted by Crippen LogP contribution is -2.47. The number of aliphatic hydroxyl groups excluding tert-OH is 4. The lowest BCUT2D eigenvalue weighted by Gasteiger charge is -2.24. The van der Waals surface area contributed by atoms with Crippen LogP contribution in [0, 0.1) is 0 Å². The monoisotopic (exact) mass is 464 g/mol. The second-order valence-electron chi connectivity index (χ2n) is 6.93. The van der Waals surface area contributed by atoms with Crippen molar-refractivity contribution in [3.8, 4) is 40.1 Å². The number of hydrogen-bond donors (Lipinski definition) is 7. The maximum Gasteiger partial charge on any atom is 0.238 e. The molecule has 3 rings (SSSR count). The minimum Gasteiger partial charge on any atom is -0.507 e. The van der Waals surface area contributed by atoms with Crippen LogP contribution in [0.4, 0.5) is 0 Å². The number of aromatic hydroxyl groups is 3. The molecule has 0 aliphatic rings. The number of benzene rings is 2. The maximum absolute atomic E-state index is 12.6. The molecule has 0 saturated heterocycles. The molecule has 3 aromatic rings. The maximum atomic E-state index is 12.6. The number of phenols is 2. The highest BCUT2D eigenvalue weighted by atomic mass is 16.6. The number of fused-ring (bicyclic) bond motifs is 1. The van der Waals surface area contributed by atoms with E-state index < -0.39 is 46.9 Å². The first kappa shape index (κ1) is 23.8. The van der Waals surface area contributed by atoms with Crippen molar-refractivity contribution in [2.45, 2.75) is 24.6 Å². The van der Waals surface area contributed by atoms with Crippen LogP contribution in [0.15, 0.2) is 39.5 Å². The number of methoxy groups -OCH3 is 1. The summed E-state index contributed by atoms with van der Waals surface area (Å²) in [5.41, 5.74) is -1.21. The van der Waals surface area contributed by atoms with Crippen molar-refractivity contribution in [1.82, 2.24) is 0 Å². The van der Waals surface area contributed by atoms with Gasteiger partial charge < -0.3 is 54.4 Å². The van der Waals surface area contributed by atoms with Crippen molar-refractivity contribution in [3.63, 3.8) is 0 Å². The van der Waals surface area contributed by atoms with Crippen molar-refractivity contribution in [2.24, 2.45) is 0 Å². The number of carbonyl (C=O) groups is 1. The van der Waals surface area contributed by atoms with Crippen LogP contribution in [0.3, 0.4) is 0 Å². The topological polar surface area (TPSA) is 207 Å². The third kappa shape index (κ3) is 4.54. The van der Waals surface area contributed by atoms with Crippen LogP contribution in [0.25, 0.3) is 22.3 Å². The Labute approximate surface area is 184 Å². The second-order valence-corrected chi connectivity index (χ2v) is 6.93. The van der Waals surface area contributed by atoms with Gasteiger partial charge in [0, 0.05) is 17.7 Å². The summed E-state index contributed by atoms with van der Waals surface area (Å²) < 4.78 is 15.5. The van der Waals surface area contributed by atoms with Crippen LogP contribution in [-0.4, -0.2) is 73.7 Å². The predicted octanol–water partition coefficient (Wildman–Crippen LogP) is -0.436. The Morgan fingerprint density at radius 1 is 0.970 bits per heavy atom. The fraction of sp³-hybridized carbons (Fsp3) is 0.238. The lowest BCUT2D eigenvalue weighted by molar-refractivity contribution is -0.166. The quantitative estimate of drug-likeness (QED) is 0.167. The highest BCUT2D eigenvalue weighted by molar-refractivity contribution is 5.88. The van der Waals surface area contributed by atoms with Crippen molar-refractivity contribution in [1.29, 1.82) is 0 Å². The molecule has 0 saturated carbocycles. The molecule has 0 amide bonds. The molecule has 0 aliphatic carbocycles. The summed E-state index contributed by atoms with van der Waals surface area (Å²) in [5.74, 6) is -2.42. The number of rotatable bonds is 8. The van der Waals surface area contributed by atoms with Crippen molar-refractivity contribution in [2.75, 3.05) is 7.11 Å². The van der Waals surface area contributed by atoms with Gasteiger partial charge in [0.25, 0.3) is 0 Å². The Bertz CT molecular complexity index is 1230. The summed E-state index contributed by atoms with van der Waals surface area (Å²) in [6.07, 6.45) is -8.40. The minimum absolute atomic E-state index is 0.0535. The Morgan fingerprint density at radius 3 is 2.27 bits per heavy atom. The van der Waals surface area contributed by atoms with Crippen LogP contribution in [-0.2, 0) is 4.79 Å². The van der Waals surface area contributed by atoms with E-state index in [0.29, 0.717) is 0 Å². The molecule has 0 radical (unpaired) electrons. The molecule has 4 atom stereocenters.